The number of ether oxygens (including phenoxy) is 3. The maximum atomic E-state index is 12.1. The van der Waals surface area contributed by atoms with Crippen LogP contribution in [0.1, 0.15) is 24.5 Å². The molecule has 0 saturated carbocycles. The summed E-state index contributed by atoms with van der Waals surface area (Å²) in [6, 6.07) is 15.4. The van der Waals surface area contributed by atoms with Crippen LogP contribution in [0.25, 0.3) is 0 Å². The number of hydrogen-bond acceptors (Lipinski definition) is 5. The van der Waals surface area contributed by atoms with Crippen molar-refractivity contribution in [2.45, 2.75) is 32.3 Å². The average molecular weight is 385 g/mol. The molecule has 150 valence electrons. The molecule has 0 aliphatic carbocycles. The van der Waals surface area contributed by atoms with E-state index < -0.39 is 12.1 Å². The molecular weight excluding hydrogens is 358 g/mol. The fourth-order valence-electron chi connectivity index (χ4n) is 2.71. The van der Waals surface area contributed by atoms with Crippen molar-refractivity contribution in [3.63, 3.8) is 0 Å². The zero-order valence-corrected chi connectivity index (χ0v) is 16.6. The third kappa shape index (κ3) is 6.61. The van der Waals surface area contributed by atoms with Gasteiger partial charge in [0.05, 0.1) is 14.2 Å². The molecule has 6 nitrogen and oxygen atoms in total. The van der Waals surface area contributed by atoms with Gasteiger partial charge in [0, 0.05) is 13.0 Å². The predicted molar refractivity (Wildman–Crippen MR) is 107 cm³/mol. The van der Waals surface area contributed by atoms with Gasteiger partial charge in [0.25, 0.3) is 5.91 Å². The van der Waals surface area contributed by atoms with E-state index in [1.807, 2.05) is 42.5 Å². The van der Waals surface area contributed by atoms with E-state index >= 15 is 0 Å². The number of methoxy groups -OCH3 is 2. The van der Waals surface area contributed by atoms with Gasteiger partial charge in [0.15, 0.2) is 17.6 Å². The number of hydrogen-bond donors (Lipinski definition) is 1. The molecule has 0 radical (unpaired) electrons. The molecule has 0 fully saturated rings. The summed E-state index contributed by atoms with van der Waals surface area (Å²) in [5, 5.41) is 2.79. The molecule has 0 saturated heterocycles. The Morgan fingerprint density at radius 3 is 2.32 bits per heavy atom. The average Bonchev–Trinajstić information content (AvgIpc) is 2.72. The summed E-state index contributed by atoms with van der Waals surface area (Å²) in [4.78, 5) is 24.1. The SMILES string of the molecule is COc1ccc(CCC(=O)O[C@H](C)C(=O)NCCc2ccccc2)cc1OC. The Balaban J connectivity index is 1.73. The van der Waals surface area contributed by atoms with Crippen molar-refractivity contribution < 1.29 is 23.8 Å². The van der Waals surface area contributed by atoms with Crippen molar-refractivity contribution in [2.75, 3.05) is 20.8 Å². The highest BCUT2D eigenvalue weighted by atomic mass is 16.5. The number of aryl methyl sites for hydroxylation is 1. The molecule has 2 aromatic carbocycles. The van der Waals surface area contributed by atoms with Gasteiger partial charge in [0.1, 0.15) is 0 Å². The van der Waals surface area contributed by atoms with E-state index in [2.05, 4.69) is 5.32 Å². The molecule has 1 amide bonds. The van der Waals surface area contributed by atoms with Crippen molar-refractivity contribution >= 4 is 11.9 Å². The second-order valence-electron chi connectivity index (χ2n) is 6.35. The summed E-state index contributed by atoms with van der Waals surface area (Å²) in [5.41, 5.74) is 2.07. The van der Waals surface area contributed by atoms with Crippen molar-refractivity contribution in [1.82, 2.24) is 5.32 Å². The standard InChI is InChI=1S/C22H27NO5/c1-16(22(25)23-14-13-17-7-5-4-6-8-17)28-21(24)12-10-18-9-11-19(26-2)20(15-18)27-3/h4-9,11,15-16H,10,12-14H2,1-3H3,(H,23,25)/t16-/m1/s1. The molecule has 0 aromatic heterocycles. The highest BCUT2D eigenvalue weighted by Gasteiger charge is 2.17. The quantitative estimate of drug-likeness (QED) is 0.637. The van der Waals surface area contributed by atoms with E-state index in [0.717, 1.165) is 17.5 Å². The molecular formula is C22H27NO5. The molecule has 1 N–H and O–H groups in total. The van der Waals surface area contributed by atoms with Crippen LogP contribution in [-0.2, 0) is 27.2 Å². The Morgan fingerprint density at radius 2 is 1.64 bits per heavy atom. The number of benzene rings is 2. The van der Waals surface area contributed by atoms with E-state index in [-0.39, 0.29) is 12.3 Å². The highest BCUT2D eigenvalue weighted by molar-refractivity contribution is 5.83. The van der Waals surface area contributed by atoms with Crippen molar-refractivity contribution in [2.24, 2.45) is 0 Å². The van der Waals surface area contributed by atoms with E-state index in [4.69, 9.17) is 14.2 Å². The Kier molecular flexibility index (Phi) is 8.34. The Hall–Kier alpha value is -3.02. The van der Waals surface area contributed by atoms with Gasteiger partial charge in [-0.1, -0.05) is 36.4 Å². The highest BCUT2D eigenvalue weighted by Crippen LogP contribution is 2.28. The first-order chi connectivity index (χ1) is 13.5. The summed E-state index contributed by atoms with van der Waals surface area (Å²) in [7, 11) is 3.13. The van der Waals surface area contributed by atoms with E-state index in [1.54, 1.807) is 27.2 Å². The largest absolute Gasteiger partial charge is 0.493 e. The lowest BCUT2D eigenvalue weighted by molar-refractivity contribution is -0.154. The van der Waals surface area contributed by atoms with Crippen LogP contribution in [0, 0.1) is 0 Å². The molecule has 28 heavy (non-hydrogen) atoms. The van der Waals surface area contributed by atoms with Crippen LogP contribution in [0.4, 0.5) is 0 Å². The lowest BCUT2D eigenvalue weighted by Crippen LogP contribution is -2.36. The number of carbonyl (C=O) groups excluding carboxylic acids is 2. The van der Waals surface area contributed by atoms with E-state index in [9.17, 15) is 9.59 Å². The summed E-state index contributed by atoms with van der Waals surface area (Å²) >= 11 is 0. The van der Waals surface area contributed by atoms with Gasteiger partial charge < -0.3 is 19.5 Å². The smallest absolute Gasteiger partial charge is 0.306 e. The number of amides is 1. The van der Waals surface area contributed by atoms with Gasteiger partial charge in [-0.3, -0.25) is 9.59 Å². The Labute approximate surface area is 165 Å². The summed E-state index contributed by atoms with van der Waals surface area (Å²) < 4.78 is 15.7. The molecule has 0 heterocycles. The second-order valence-corrected chi connectivity index (χ2v) is 6.35. The van der Waals surface area contributed by atoms with Crippen LogP contribution >= 0.6 is 0 Å². The Morgan fingerprint density at radius 1 is 0.929 bits per heavy atom. The fourth-order valence-corrected chi connectivity index (χ4v) is 2.71. The van der Waals surface area contributed by atoms with Crippen LogP contribution in [-0.4, -0.2) is 38.7 Å². The molecule has 0 bridgehead atoms. The maximum absolute atomic E-state index is 12.1. The topological polar surface area (TPSA) is 73.9 Å². The van der Waals surface area contributed by atoms with Gasteiger partial charge in [0.2, 0.25) is 0 Å². The minimum atomic E-state index is -0.825. The number of esters is 1. The zero-order chi connectivity index (χ0) is 20.4. The predicted octanol–water partition coefficient (Wildman–Crippen LogP) is 2.93. The molecule has 0 spiro atoms. The van der Waals surface area contributed by atoms with Gasteiger partial charge >= 0.3 is 5.97 Å². The van der Waals surface area contributed by atoms with Crippen LogP contribution in [0.5, 0.6) is 11.5 Å². The van der Waals surface area contributed by atoms with Crippen LogP contribution in [0.3, 0.4) is 0 Å². The summed E-state index contributed by atoms with van der Waals surface area (Å²) in [6.07, 6.45) is 0.569. The number of rotatable bonds is 10. The van der Waals surface area contributed by atoms with Crippen LogP contribution < -0.4 is 14.8 Å². The first kappa shape index (κ1) is 21.3. The first-order valence-corrected chi connectivity index (χ1v) is 9.25. The van der Waals surface area contributed by atoms with E-state index in [0.29, 0.717) is 24.5 Å². The van der Waals surface area contributed by atoms with Crippen LogP contribution in [0.15, 0.2) is 48.5 Å². The van der Waals surface area contributed by atoms with E-state index in [1.165, 1.54) is 0 Å². The monoisotopic (exact) mass is 385 g/mol. The third-order valence-electron chi connectivity index (χ3n) is 4.30. The summed E-state index contributed by atoms with van der Waals surface area (Å²) in [6.45, 7) is 2.07. The lowest BCUT2D eigenvalue weighted by atomic mass is 10.1. The van der Waals surface area contributed by atoms with Gasteiger partial charge in [-0.15, -0.1) is 0 Å². The van der Waals surface area contributed by atoms with Crippen molar-refractivity contribution in [1.29, 1.82) is 0 Å². The Bertz CT molecular complexity index is 776. The molecule has 2 rings (SSSR count). The van der Waals surface area contributed by atoms with Crippen molar-refractivity contribution in [3.05, 3.63) is 59.7 Å². The molecule has 2 aromatic rings. The summed E-state index contributed by atoms with van der Waals surface area (Å²) in [5.74, 6) is 0.532. The molecule has 1 atom stereocenters. The second kappa shape index (κ2) is 11.0. The normalized spacial score (nSPS) is 11.4. The minimum absolute atomic E-state index is 0.178. The molecule has 0 aliphatic heterocycles. The van der Waals surface area contributed by atoms with Gasteiger partial charge in [-0.05, 0) is 43.0 Å². The third-order valence-corrected chi connectivity index (χ3v) is 4.30. The molecule has 0 unspecified atom stereocenters. The minimum Gasteiger partial charge on any atom is -0.493 e. The molecule has 6 heteroatoms. The van der Waals surface area contributed by atoms with Gasteiger partial charge in [-0.2, -0.15) is 0 Å². The lowest BCUT2D eigenvalue weighted by Gasteiger charge is -2.14. The number of nitrogens with one attached hydrogen (secondary N) is 1. The zero-order valence-electron chi connectivity index (χ0n) is 16.6. The van der Waals surface area contributed by atoms with Gasteiger partial charge in [-0.25, -0.2) is 0 Å². The van der Waals surface area contributed by atoms with Crippen LogP contribution in [0.2, 0.25) is 0 Å². The maximum Gasteiger partial charge on any atom is 0.306 e. The molecule has 0 aliphatic rings. The first-order valence-electron chi connectivity index (χ1n) is 9.25. The fraction of sp³-hybridized carbons (Fsp3) is 0.364. The van der Waals surface area contributed by atoms with Crippen molar-refractivity contribution in [3.8, 4) is 11.5 Å². The number of carbonyl (C=O) groups is 2.